The van der Waals surface area contributed by atoms with Crippen LogP contribution in [0.25, 0.3) is 0 Å². The molecule has 4 heteroatoms. The molecule has 1 aliphatic rings. The molecule has 0 aliphatic carbocycles. The van der Waals surface area contributed by atoms with Crippen molar-refractivity contribution in [1.29, 1.82) is 0 Å². The molecule has 18 heavy (non-hydrogen) atoms. The number of aryl methyl sites for hydroxylation is 1. The van der Waals surface area contributed by atoms with Crippen molar-refractivity contribution in [3.8, 4) is 11.5 Å². The van der Waals surface area contributed by atoms with Gasteiger partial charge in [0.05, 0.1) is 4.88 Å². The molecule has 2 aromatic rings. The van der Waals surface area contributed by atoms with Crippen molar-refractivity contribution in [3.05, 3.63) is 45.6 Å². The molecule has 0 radical (unpaired) electrons. The van der Waals surface area contributed by atoms with E-state index < -0.39 is 0 Å². The van der Waals surface area contributed by atoms with Gasteiger partial charge in [-0.15, -0.1) is 11.3 Å². The summed E-state index contributed by atoms with van der Waals surface area (Å²) in [7, 11) is 0. The summed E-state index contributed by atoms with van der Waals surface area (Å²) in [4.78, 5) is 14.3. The Morgan fingerprint density at radius 3 is 2.83 bits per heavy atom. The number of ether oxygens (including phenoxy) is 2. The smallest absolute Gasteiger partial charge is 0.231 e. The SMILES string of the molecule is CCc1ccc(C(=O)c2ccc3c(c2)OCO3)s1. The van der Waals surface area contributed by atoms with E-state index >= 15 is 0 Å². The Morgan fingerprint density at radius 2 is 2.06 bits per heavy atom. The second-order valence-electron chi connectivity index (χ2n) is 4.02. The lowest BCUT2D eigenvalue weighted by Gasteiger charge is -2.00. The number of hydrogen-bond acceptors (Lipinski definition) is 4. The monoisotopic (exact) mass is 260 g/mol. The van der Waals surface area contributed by atoms with E-state index in [0.717, 1.165) is 11.3 Å². The zero-order chi connectivity index (χ0) is 12.5. The van der Waals surface area contributed by atoms with E-state index in [4.69, 9.17) is 9.47 Å². The standard InChI is InChI=1S/C14H12O3S/c1-2-10-4-6-13(18-10)14(15)9-3-5-11-12(7-9)17-8-16-11/h3-7H,2,8H2,1H3. The Bertz CT molecular complexity index is 601. The van der Waals surface area contributed by atoms with Crippen LogP contribution in [0.5, 0.6) is 11.5 Å². The Hall–Kier alpha value is -1.81. The number of fused-ring (bicyclic) bond motifs is 1. The van der Waals surface area contributed by atoms with E-state index in [9.17, 15) is 4.79 Å². The van der Waals surface area contributed by atoms with Crippen LogP contribution in [0.15, 0.2) is 30.3 Å². The highest BCUT2D eigenvalue weighted by Gasteiger charge is 2.18. The molecule has 0 bridgehead atoms. The van der Waals surface area contributed by atoms with Crippen molar-refractivity contribution in [3.63, 3.8) is 0 Å². The lowest BCUT2D eigenvalue weighted by Crippen LogP contribution is -1.98. The molecule has 0 N–H and O–H groups in total. The fourth-order valence-electron chi connectivity index (χ4n) is 1.87. The molecule has 1 aromatic heterocycles. The minimum Gasteiger partial charge on any atom is -0.454 e. The van der Waals surface area contributed by atoms with Gasteiger partial charge >= 0.3 is 0 Å². The summed E-state index contributed by atoms with van der Waals surface area (Å²) in [5.74, 6) is 1.39. The topological polar surface area (TPSA) is 35.5 Å². The average Bonchev–Trinajstić information content (AvgIpc) is 3.05. The van der Waals surface area contributed by atoms with Crippen molar-refractivity contribution >= 4 is 17.1 Å². The largest absolute Gasteiger partial charge is 0.454 e. The van der Waals surface area contributed by atoms with E-state index in [1.807, 2.05) is 12.1 Å². The first-order valence-corrected chi connectivity index (χ1v) is 6.62. The highest BCUT2D eigenvalue weighted by atomic mass is 32.1. The van der Waals surface area contributed by atoms with E-state index in [1.165, 1.54) is 4.88 Å². The first kappa shape index (κ1) is 11.3. The number of carbonyl (C=O) groups is 1. The summed E-state index contributed by atoms with van der Waals surface area (Å²) in [5.41, 5.74) is 0.642. The van der Waals surface area contributed by atoms with Crippen LogP contribution >= 0.6 is 11.3 Å². The van der Waals surface area contributed by atoms with Crippen molar-refractivity contribution in [1.82, 2.24) is 0 Å². The predicted molar refractivity (Wildman–Crippen MR) is 69.7 cm³/mol. The molecule has 0 saturated heterocycles. The molecule has 0 unspecified atom stereocenters. The lowest BCUT2D eigenvalue weighted by molar-refractivity contribution is 0.104. The van der Waals surface area contributed by atoms with Crippen LogP contribution in [-0.2, 0) is 6.42 Å². The van der Waals surface area contributed by atoms with Gasteiger partial charge < -0.3 is 9.47 Å². The number of benzene rings is 1. The molecule has 3 rings (SSSR count). The molecule has 1 aliphatic heterocycles. The molecular formula is C14H12O3S. The van der Waals surface area contributed by atoms with E-state index in [2.05, 4.69) is 6.92 Å². The summed E-state index contributed by atoms with van der Waals surface area (Å²) >= 11 is 1.55. The molecule has 3 nitrogen and oxygen atoms in total. The fourth-order valence-corrected chi connectivity index (χ4v) is 2.78. The van der Waals surface area contributed by atoms with Crippen molar-refractivity contribution in [2.24, 2.45) is 0 Å². The van der Waals surface area contributed by atoms with Gasteiger partial charge in [0.2, 0.25) is 12.6 Å². The summed E-state index contributed by atoms with van der Waals surface area (Å²) in [5, 5.41) is 0. The maximum Gasteiger partial charge on any atom is 0.231 e. The normalized spacial score (nSPS) is 12.7. The molecule has 0 spiro atoms. The summed E-state index contributed by atoms with van der Waals surface area (Å²) in [6.07, 6.45) is 0.957. The van der Waals surface area contributed by atoms with Gasteiger partial charge in [0.25, 0.3) is 0 Å². The lowest BCUT2D eigenvalue weighted by atomic mass is 10.1. The van der Waals surface area contributed by atoms with Gasteiger partial charge in [-0.05, 0) is 36.8 Å². The number of ketones is 1. The van der Waals surface area contributed by atoms with Gasteiger partial charge in [-0.1, -0.05) is 6.92 Å². The number of thiophene rings is 1. The minimum absolute atomic E-state index is 0.0398. The number of carbonyl (C=O) groups excluding carboxylic acids is 1. The Balaban J connectivity index is 1.92. The number of rotatable bonds is 3. The van der Waals surface area contributed by atoms with Gasteiger partial charge in [-0.3, -0.25) is 4.79 Å². The maximum absolute atomic E-state index is 12.3. The van der Waals surface area contributed by atoms with Crippen LogP contribution in [0, 0.1) is 0 Å². The Kier molecular flexibility index (Phi) is 2.80. The van der Waals surface area contributed by atoms with Crippen LogP contribution < -0.4 is 9.47 Å². The van der Waals surface area contributed by atoms with Gasteiger partial charge in [0.1, 0.15) is 0 Å². The molecule has 0 fully saturated rings. The minimum atomic E-state index is 0.0398. The van der Waals surface area contributed by atoms with Crippen molar-refractivity contribution in [2.45, 2.75) is 13.3 Å². The molecular weight excluding hydrogens is 248 g/mol. The third-order valence-electron chi connectivity index (χ3n) is 2.87. The molecule has 1 aromatic carbocycles. The molecule has 0 amide bonds. The zero-order valence-corrected chi connectivity index (χ0v) is 10.8. The van der Waals surface area contributed by atoms with Crippen LogP contribution in [0.2, 0.25) is 0 Å². The van der Waals surface area contributed by atoms with Crippen LogP contribution in [-0.4, -0.2) is 12.6 Å². The first-order chi connectivity index (χ1) is 8.78. The van der Waals surface area contributed by atoms with Gasteiger partial charge in [-0.25, -0.2) is 0 Å². The fraction of sp³-hybridized carbons (Fsp3) is 0.214. The molecule has 0 atom stereocenters. The van der Waals surface area contributed by atoms with E-state index in [-0.39, 0.29) is 12.6 Å². The van der Waals surface area contributed by atoms with Gasteiger partial charge in [0, 0.05) is 10.4 Å². The Morgan fingerprint density at radius 1 is 1.22 bits per heavy atom. The summed E-state index contributed by atoms with van der Waals surface area (Å²) < 4.78 is 10.5. The molecule has 0 saturated carbocycles. The van der Waals surface area contributed by atoms with Crippen molar-refractivity contribution in [2.75, 3.05) is 6.79 Å². The van der Waals surface area contributed by atoms with E-state index in [1.54, 1.807) is 29.5 Å². The second-order valence-corrected chi connectivity index (χ2v) is 5.19. The third kappa shape index (κ3) is 1.88. The highest BCUT2D eigenvalue weighted by Crippen LogP contribution is 2.33. The summed E-state index contributed by atoms with van der Waals surface area (Å²) in [6, 6.07) is 9.20. The second kappa shape index (κ2) is 4.46. The number of hydrogen-bond donors (Lipinski definition) is 0. The first-order valence-electron chi connectivity index (χ1n) is 5.81. The van der Waals surface area contributed by atoms with Gasteiger partial charge in [0.15, 0.2) is 11.5 Å². The molecule has 92 valence electrons. The van der Waals surface area contributed by atoms with Crippen LogP contribution in [0.3, 0.4) is 0 Å². The zero-order valence-electron chi connectivity index (χ0n) is 9.93. The van der Waals surface area contributed by atoms with Crippen LogP contribution in [0.1, 0.15) is 27.0 Å². The average molecular weight is 260 g/mol. The quantitative estimate of drug-likeness (QED) is 0.794. The maximum atomic E-state index is 12.3. The third-order valence-corrected chi connectivity index (χ3v) is 4.10. The van der Waals surface area contributed by atoms with Crippen molar-refractivity contribution < 1.29 is 14.3 Å². The Labute approximate surface area is 109 Å². The van der Waals surface area contributed by atoms with E-state index in [0.29, 0.717) is 17.1 Å². The van der Waals surface area contributed by atoms with Gasteiger partial charge in [-0.2, -0.15) is 0 Å². The predicted octanol–water partition coefficient (Wildman–Crippen LogP) is 3.27. The van der Waals surface area contributed by atoms with Crippen LogP contribution in [0.4, 0.5) is 0 Å². The highest BCUT2D eigenvalue weighted by molar-refractivity contribution is 7.14. The summed E-state index contributed by atoms with van der Waals surface area (Å²) in [6.45, 7) is 2.31. The molecule has 2 heterocycles.